The molecule has 2 aromatic carbocycles. The number of carbonyl (C=O) groups is 3. The molecule has 1 aliphatic rings. The first-order valence-corrected chi connectivity index (χ1v) is 10.6. The predicted molar refractivity (Wildman–Crippen MR) is 114 cm³/mol. The molecule has 1 heterocycles. The zero-order valence-corrected chi connectivity index (χ0v) is 17.9. The van der Waals surface area contributed by atoms with Gasteiger partial charge in [-0.25, -0.2) is 4.79 Å². The Morgan fingerprint density at radius 2 is 1.83 bits per heavy atom. The maximum Gasteiger partial charge on any atom is 0.325 e. The quantitative estimate of drug-likeness (QED) is 0.382. The molecule has 152 valence electrons. The first-order valence-electron chi connectivity index (χ1n) is 8.85. The summed E-state index contributed by atoms with van der Waals surface area (Å²) in [6.07, 6.45) is 0. The molecule has 29 heavy (non-hydrogen) atoms. The van der Waals surface area contributed by atoms with Crippen LogP contribution in [0.5, 0.6) is 0 Å². The smallest absolute Gasteiger partial charge is 0.325 e. The molecule has 1 atom stereocenters. The molecule has 0 radical (unpaired) electrons. The molecule has 6 nitrogen and oxygen atoms in total. The topological polar surface area (TPSA) is 78.5 Å². The summed E-state index contributed by atoms with van der Waals surface area (Å²) in [7, 11) is 0. The van der Waals surface area contributed by atoms with Crippen LogP contribution in [-0.2, 0) is 15.1 Å². The molecule has 0 spiro atoms. The summed E-state index contributed by atoms with van der Waals surface area (Å²) in [5, 5.41) is 6.41. The van der Waals surface area contributed by atoms with Gasteiger partial charge >= 0.3 is 6.03 Å². The van der Waals surface area contributed by atoms with Crippen molar-refractivity contribution in [2.75, 3.05) is 18.8 Å². The normalized spacial score (nSPS) is 18.7. The van der Waals surface area contributed by atoms with E-state index in [0.29, 0.717) is 27.9 Å². The number of amides is 4. The summed E-state index contributed by atoms with van der Waals surface area (Å²) < 4.78 is 0. The van der Waals surface area contributed by atoms with Crippen molar-refractivity contribution in [3.8, 4) is 0 Å². The highest BCUT2D eigenvalue weighted by molar-refractivity contribution is 7.99. The second-order valence-electron chi connectivity index (χ2n) is 6.58. The maximum absolute atomic E-state index is 12.9. The molecule has 2 aromatic rings. The third-order valence-electron chi connectivity index (χ3n) is 4.50. The van der Waals surface area contributed by atoms with Crippen LogP contribution in [0, 0.1) is 0 Å². The number of nitrogens with zero attached hydrogens (tertiary/aromatic N) is 1. The van der Waals surface area contributed by atoms with Crippen molar-refractivity contribution in [3.63, 3.8) is 0 Å². The standard InChI is InChI=1S/C20H19Cl2N3O3S/c1-20(15-4-2-3-5-16(15)22)18(27)25(19(28)24-20)12-17(26)23-10-11-29-14-8-6-13(21)7-9-14/h2-9H,10-12H2,1H3,(H,23,26)(H,24,28). The summed E-state index contributed by atoms with van der Waals surface area (Å²) >= 11 is 13.6. The van der Waals surface area contributed by atoms with Gasteiger partial charge in [0.2, 0.25) is 5.91 Å². The molecule has 0 aromatic heterocycles. The van der Waals surface area contributed by atoms with E-state index in [1.807, 2.05) is 12.1 Å². The van der Waals surface area contributed by atoms with Crippen LogP contribution in [-0.4, -0.2) is 41.6 Å². The van der Waals surface area contributed by atoms with E-state index in [0.717, 1.165) is 9.80 Å². The molecule has 2 N–H and O–H groups in total. The molecule has 1 fully saturated rings. The van der Waals surface area contributed by atoms with Crippen LogP contribution in [0.15, 0.2) is 53.4 Å². The highest BCUT2D eigenvalue weighted by Crippen LogP contribution is 2.33. The summed E-state index contributed by atoms with van der Waals surface area (Å²) in [4.78, 5) is 39.3. The number of halogens is 2. The Labute approximate surface area is 182 Å². The van der Waals surface area contributed by atoms with Crippen LogP contribution >= 0.6 is 35.0 Å². The van der Waals surface area contributed by atoms with Gasteiger partial charge in [-0.15, -0.1) is 11.8 Å². The molecule has 0 bridgehead atoms. The van der Waals surface area contributed by atoms with Crippen molar-refractivity contribution in [3.05, 3.63) is 64.1 Å². The Balaban J connectivity index is 1.53. The minimum absolute atomic E-state index is 0.351. The average molecular weight is 452 g/mol. The average Bonchev–Trinajstić information content (AvgIpc) is 2.91. The predicted octanol–water partition coefficient (Wildman–Crippen LogP) is 3.67. The Hall–Kier alpha value is -2.22. The van der Waals surface area contributed by atoms with Crippen LogP contribution in [0.3, 0.4) is 0 Å². The van der Waals surface area contributed by atoms with Crippen molar-refractivity contribution < 1.29 is 14.4 Å². The van der Waals surface area contributed by atoms with Crippen LogP contribution < -0.4 is 10.6 Å². The number of thioether (sulfide) groups is 1. The van der Waals surface area contributed by atoms with Gasteiger partial charge in [0.1, 0.15) is 12.1 Å². The summed E-state index contributed by atoms with van der Waals surface area (Å²) in [5.74, 6) is -0.278. The molecular formula is C20H19Cl2N3O3S. The number of hydrogen-bond donors (Lipinski definition) is 2. The minimum atomic E-state index is -1.31. The molecule has 0 saturated carbocycles. The fourth-order valence-electron chi connectivity index (χ4n) is 2.98. The van der Waals surface area contributed by atoms with Gasteiger partial charge in [0.25, 0.3) is 5.91 Å². The fraction of sp³-hybridized carbons (Fsp3) is 0.250. The van der Waals surface area contributed by atoms with Crippen LogP contribution in [0.1, 0.15) is 12.5 Å². The summed E-state index contributed by atoms with van der Waals surface area (Å²) in [5.41, 5.74) is -0.817. The van der Waals surface area contributed by atoms with E-state index in [4.69, 9.17) is 23.2 Å². The lowest BCUT2D eigenvalue weighted by atomic mass is 9.92. The lowest BCUT2D eigenvalue weighted by molar-refractivity contribution is -0.134. The number of imide groups is 1. The zero-order chi connectivity index (χ0) is 21.0. The van der Waals surface area contributed by atoms with Gasteiger partial charge in [-0.3, -0.25) is 14.5 Å². The van der Waals surface area contributed by atoms with Crippen molar-refractivity contribution in [2.24, 2.45) is 0 Å². The number of hydrogen-bond acceptors (Lipinski definition) is 4. The number of nitrogens with one attached hydrogen (secondary N) is 2. The molecular weight excluding hydrogens is 433 g/mol. The van der Waals surface area contributed by atoms with Gasteiger partial charge in [-0.1, -0.05) is 41.4 Å². The van der Waals surface area contributed by atoms with Crippen LogP contribution in [0.4, 0.5) is 4.79 Å². The van der Waals surface area contributed by atoms with Gasteiger partial charge < -0.3 is 10.6 Å². The lowest BCUT2D eigenvalue weighted by Gasteiger charge is -2.23. The van der Waals surface area contributed by atoms with Crippen molar-refractivity contribution in [1.29, 1.82) is 0 Å². The van der Waals surface area contributed by atoms with Crippen molar-refractivity contribution in [2.45, 2.75) is 17.4 Å². The Morgan fingerprint density at radius 3 is 2.52 bits per heavy atom. The van der Waals surface area contributed by atoms with Crippen molar-refractivity contribution >= 4 is 52.8 Å². The first-order chi connectivity index (χ1) is 13.8. The van der Waals surface area contributed by atoms with E-state index < -0.39 is 23.4 Å². The summed E-state index contributed by atoms with van der Waals surface area (Å²) in [6, 6.07) is 13.6. The third-order valence-corrected chi connectivity index (χ3v) is 6.09. The van der Waals surface area contributed by atoms with E-state index in [1.165, 1.54) is 0 Å². The lowest BCUT2D eigenvalue weighted by Crippen LogP contribution is -2.43. The molecule has 1 aliphatic heterocycles. The van der Waals surface area contributed by atoms with Crippen molar-refractivity contribution in [1.82, 2.24) is 15.5 Å². The van der Waals surface area contributed by atoms with Crippen LogP contribution in [0.2, 0.25) is 10.0 Å². The van der Waals surface area contributed by atoms with Crippen LogP contribution in [0.25, 0.3) is 0 Å². The zero-order valence-electron chi connectivity index (χ0n) is 15.6. The fourth-order valence-corrected chi connectivity index (χ4v) is 4.20. The minimum Gasteiger partial charge on any atom is -0.354 e. The highest BCUT2D eigenvalue weighted by Gasteiger charge is 2.50. The van der Waals surface area contributed by atoms with E-state index >= 15 is 0 Å². The second-order valence-corrected chi connectivity index (χ2v) is 8.59. The number of benzene rings is 2. The molecule has 1 saturated heterocycles. The first kappa shape index (κ1) is 21.5. The molecule has 3 rings (SSSR count). The molecule has 4 amide bonds. The van der Waals surface area contributed by atoms with Gasteiger partial charge in [-0.2, -0.15) is 0 Å². The second kappa shape index (κ2) is 9.07. The highest BCUT2D eigenvalue weighted by atomic mass is 35.5. The monoisotopic (exact) mass is 451 g/mol. The Morgan fingerprint density at radius 1 is 1.14 bits per heavy atom. The van der Waals surface area contributed by atoms with E-state index in [-0.39, 0.29) is 6.54 Å². The van der Waals surface area contributed by atoms with Gasteiger partial charge in [0.15, 0.2) is 0 Å². The molecule has 1 unspecified atom stereocenters. The number of carbonyl (C=O) groups excluding carboxylic acids is 3. The van der Waals surface area contributed by atoms with E-state index in [1.54, 1.807) is 55.1 Å². The summed E-state index contributed by atoms with van der Waals surface area (Å²) in [6.45, 7) is 1.63. The van der Waals surface area contributed by atoms with Gasteiger partial charge in [-0.05, 0) is 37.3 Å². The number of rotatable bonds is 7. The van der Waals surface area contributed by atoms with Gasteiger partial charge in [0, 0.05) is 32.8 Å². The maximum atomic E-state index is 12.9. The third kappa shape index (κ3) is 4.86. The number of urea groups is 1. The molecule has 0 aliphatic carbocycles. The SMILES string of the molecule is CC1(c2ccccc2Cl)NC(=O)N(CC(=O)NCCSc2ccc(Cl)cc2)C1=O. The van der Waals surface area contributed by atoms with E-state index in [2.05, 4.69) is 10.6 Å². The Kier molecular flexibility index (Phi) is 6.72. The van der Waals surface area contributed by atoms with E-state index in [9.17, 15) is 14.4 Å². The van der Waals surface area contributed by atoms with Gasteiger partial charge in [0.05, 0.1) is 0 Å². The largest absolute Gasteiger partial charge is 0.354 e. The molecule has 9 heteroatoms. The Bertz CT molecular complexity index is 939.